The number of aryl methyl sites for hydroxylation is 2. The zero-order chi connectivity index (χ0) is 11.8. The molecule has 90 valence electrons. The molecule has 0 amide bonds. The van der Waals surface area contributed by atoms with E-state index in [0.717, 1.165) is 26.1 Å². The summed E-state index contributed by atoms with van der Waals surface area (Å²) in [6, 6.07) is 6.65. The molecule has 0 unspecified atom stereocenters. The summed E-state index contributed by atoms with van der Waals surface area (Å²) in [6.07, 6.45) is 2.31. The molecule has 1 aromatic carbocycles. The molecule has 0 spiro atoms. The fourth-order valence-corrected chi connectivity index (χ4v) is 1.64. The third kappa shape index (κ3) is 4.77. The first kappa shape index (κ1) is 13.2. The molecule has 2 nitrogen and oxygen atoms in total. The lowest BCUT2D eigenvalue weighted by atomic mass is 10.1. The summed E-state index contributed by atoms with van der Waals surface area (Å²) in [7, 11) is 1.75. The third-order valence-corrected chi connectivity index (χ3v) is 2.85. The first-order valence-corrected chi connectivity index (χ1v) is 6.00. The highest BCUT2D eigenvalue weighted by atomic mass is 16.5. The van der Waals surface area contributed by atoms with Gasteiger partial charge in [0, 0.05) is 20.3 Å². The van der Waals surface area contributed by atoms with Gasteiger partial charge in [0.1, 0.15) is 0 Å². The van der Waals surface area contributed by atoms with Crippen molar-refractivity contribution >= 4 is 0 Å². The van der Waals surface area contributed by atoms with Crippen LogP contribution in [0.2, 0.25) is 0 Å². The molecule has 0 aromatic heterocycles. The van der Waals surface area contributed by atoms with Gasteiger partial charge in [-0.2, -0.15) is 0 Å². The van der Waals surface area contributed by atoms with Gasteiger partial charge in [-0.25, -0.2) is 0 Å². The highest BCUT2D eigenvalue weighted by Gasteiger charge is 1.96. The van der Waals surface area contributed by atoms with Gasteiger partial charge in [-0.3, -0.25) is 0 Å². The minimum atomic E-state index is 0.866. The summed E-state index contributed by atoms with van der Waals surface area (Å²) in [5, 5.41) is 3.45. The monoisotopic (exact) mass is 221 g/mol. The lowest BCUT2D eigenvalue weighted by Gasteiger charge is -2.07. The Kier molecular flexibility index (Phi) is 6.12. The first-order valence-electron chi connectivity index (χ1n) is 6.00. The maximum Gasteiger partial charge on any atom is 0.0462 e. The van der Waals surface area contributed by atoms with E-state index >= 15 is 0 Å². The van der Waals surface area contributed by atoms with E-state index in [4.69, 9.17) is 4.74 Å². The fourth-order valence-electron chi connectivity index (χ4n) is 1.64. The van der Waals surface area contributed by atoms with Crippen LogP contribution in [0.15, 0.2) is 18.2 Å². The average Bonchev–Trinajstić information content (AvgIpc) is 2.28. The molecular weight excluding hydrogens is 198 g/mol. The molecule has 0 saturated carbocycles. The second kappa shape index (κ2) is 7.42. The summed E-state index contributed by atoms with van der Waals surface area (Å²) >= 11 is 0. The third-order valence-electron chi connectivity index (χ3n) is 2.85. The Morgan fingerprint density at radius 3 is 2.62 bits per heavy atom. The van der Waals surface area contributed by atoms with E-state index in [9.17, 15) is 0 Å². The summed E-state index contributed by atoms with van der Waals surface area (Å²) < 4.78 is 5.01. The van der Waals surface area contributed by atoms with Gasteiger partial charge in [-0.15, -0.1) is 0 Å². The predicted molar refractivity (Wildman–Crippen MR) is 68.7 cm³/mol. The fraction of sp³-hybridized carbons (Fsp3) is 0.571. The minimum Gasteiger partial charge on any atom is -0.385 e. The molecule has 0 aliphatic heterocycles. The van der Waals surface area contributed by atoms with Gasteiger partial charge < -0.3 is 10.1 Å². The van der Waals surface area contributed by atoms with E-state index in [1.807, 2.05) is 0 Å². The maximum absolute atomic E-state index is 5.01. The first-order chi connectivity index (χ1) is 7.74. The predicted octanol–water partition coefficient (Wildman–Crippen LogP) is 2.82. The van der Waals surface area contributed by atoms with Gasteiger partial charge in [-0.05, 0) is 49.9 Å². The molecule has 0 aliphatic carbocycles. The standard InChI is InChI=1S/C14H23NO/c1-12-6-7-14(10-13(12)2)11-15-8-4-5-9-16-3/h6-7,10,15H,4-5,8-9,11H2,1-3H3. The van der Waals surface area contributed by atoms with Crippen molar-refractivity contribution in [2.24, 2.45) is 0 Å². The highest BCUT2D eigenvalue weighted by Crippen LogP contribution is 2.09. The summed E-state index contributed by atoms with van der Waals surface area (Å²) in [4.78, 5) is 0. The quantitative estimate of drug-likeness (QED) is 0.715. The Morgan fingerprint density at radius 1 is 1.12 bits per heavy atom. The van der Waals surface area contributed by atoms with Gasteiger partial charge in [0.2, 0.25) is 0 Å². The van der Waals surface area contributed by atoms with Crippen molar-refractivity contribution in [1.82, 2.24) is 5.32 Å². The van der Waals surface area contributed by atoms with Crippen LogP contribution in [0, 0.1) is 13.8 Å². The number of unbranched alkanes of at least 4 members (excludes halogenated alkanes) is 1. The van der Waals surface area contributed by atoms with Crippen LogP contribution in [-0.4, -0.2) is 20.3 Å². The van der Waals surface area contributed by atoms with Crippen molar-refractivity contribution in [3.8, 4) is 0 Å². The number of benzene rings is 1. The number of hydrogen-bond donors (Lipinski definition) is 1. The van der Waals surface area contributed by atoms with Crippen molar-refractivity contribution in [3.63, 3.8) is 0 Å². The molecule has 16 heavy (non-hydrogen) atoms. The molecule has 0 aliphatic rings. The van der Waals surface area contributed by atoms with E-state index < -0.39 is 0 Å². The van der Waals surface area contributed by atoms with Gasteiger partial charge >= 0.3 is 0 Å². The van der Waals surface area contributed by atoms with Crippen LogP contribution in [0.3, 0.4) is 0 Å². The Balaban J connectivity index is 2.19. The van der Waals surface area contributed by atoms with Crippen molar-refractivity contribution in [3.05, 3.63) is 34.9 Å². The van der Waals surface area contributed by atoms with Crippen LogP contribution >= 0.6 is 0 Å². The molecular formula is C14H23NO. The van der Waals surface area contributed by atoms with Crippen molar-refractivity contribution in [2.75, 3.05) is 20.3 Å². The van der Waals surface area contributed by atoms with Crippen LogP contribution in [0.4, 0.5) is 0 Å². The Bertz CT molecular complexity index is 310. The minimum absolute atomic E-state index is 0.866. The van der Waals surface area contributed by atoms with E-state index in [2.05, 4.69) is 37.4 Å². The molecule has 1 N–H and O–H groups in total. The van der Waals surface area contributed by atoms with E-state index in [1.165, 1.54) is 23.1 Å². The topological polar surface area (TPSA) is 21.3 Å². The average molecular weight is 221 g/mol. The van der Waals surface area contributed by atoms with Gasteiger partial charge in [0.05, 0.1) is 0 Å². The van der Waals surface area contributed by atoms with Crippen LogP contribution in [0.1, 0.15) is 29.5 Å². The van der Waals surface area contributed by atoms with E-state index in [1.54, 1.807) is 7.11 Å². The molecule has 0 heterocycles. The zero-order valence-electron chi connectivity index (χ0n) is 10.7. The maximum atomic E-state index is 5.01. The molecule has 0 fully saturated rings. The molecule has 0 bridgehead atoms. The van der Waals surface area contributed by atoms with Crippen molar-refractivity contribution < 1.29 is 4.74 Å². The Morgan fingerprint density at radius 2 is 1.94 bits per heavy atom. The second-order valence-corrected chi connectivity index (χ2v) is 4.30. The number of ether oxygens (including phenoxy) is 1. The smallest absolute Gasteiger partial charge is 0.0462 e. The number of methoxy groups -OCH3 is 1. The normalized spacial score (nSPS) is 10.7. The summed E-state index contributed by atoms with van der Waals surface area (Å²) in [5.74, 6) is 0. The molecule has 0 atom stereocenters. The van der Waals surface area contributed by atoms with Crippen molar-refractivity contribution in [1.29, 1.82) is 0 Å². The van der Waals surface area contributed by atoms with E-state index in [0.29, 0.717) is 0 Å². The Hall–Kier alpha value is -0.860. The lowest BCUT2D eigenvalue weighted by molar-refractivity contribution is 0.192. The number of hydrogen-bond acceptors (Lipinski definition) is 2. The van der Waals surface area contributed by atoms with Crippen molar-refractivity contribution in [2.45, 2.75) is 33.2 Å². The second-order valence-electron chi connectivity index (χ2n) is 4.30. The SMILES string of the molecule is COCCCCNCc1ccc(C)c(C)c1. The molecule has 1 rings (SSSR count). The Labute approximate surface area is 99.0 Å². The largest absolute Gasteiger partial charge is 0.385 e. The molecule has 0 radical (unpaired) electrons. The van der Waals surface area contributed by atoms with Gasteiger partial charge in [0.25, 0.3) is 0 Å². The highest BCUT2D eigenvalue weighted by molar-refractivity contribution is 5.29. The van der Waals surface area contributed by atoms with Crippen LogP contribution in [0.25, 0.3) is 0 Å². The van der Waals surface area contributed by atoms with E-state index in [-0.39, 0.29) is 0 Å². The van der Waals surface area contributed by atoms with Crippen LogP contribution in [-0.2, 0) is 11.3 Å². The van der Waals surface area contributed by atoms with Gasteiger partial charge in [-0.1, -0.05) is 18.2 Å². The van der Waals surface area contributed by atoms with Gasteiger partial charge in [0.15, 0.2) is 0 Å². The van der Waals surface area contributed by atoms with Crippen LogP contribution in [0.5, 0.6) is 0 Å². The summed E-state index contributed by atoms with van der Waals surface area (Å²) in [6.45, 7) is 7.21. The molecule has 2 heteroatoms. The molecule has 1 aromatic rings. The lowest BCUT2D eigenvalue weighted by Crippen LogP contribution is -2.15. The number of nitrogens with one attached hydrogen (secondary N) is 1. The van der Waals surface area contributed by atoms with Crippen LogP contribution < -0.4 is 5.32 Å². The molecule has 0 saturated heterocycles. The number of rotatable bonds is 7. The zero-order valence-corrected chi connectivity index (χ0v) is 10.7. The summed E-state index contributed by atoms with van der Waals surface area (Å²) in [5.41, 5.74) is 4.11.